The molecule has 0 saturated carbocycles. The second-order valence-electron chi connectivity index (χ2n) is 7.67. The van der Waals surface area contributed by atoms with Crippen molar-refractivity contribution < 1.29 is 24.9 Å². The molecule has 0 rings (SSSR count). The van der Waals surface area contributed by atoms with E-state index in [-0.39, 0.29) is 6.42 Å². The number of hydrogen-bond donors (Lipinski definition) is 3. The molecular weight excluding hydrogens is 356 g/mol. The van der Waals surface area contributed by atoms with Crippen molar-refractivity contribution in [2.24, 2.45) is 0 Å². The summed E-state index contributed by atoms with van der Waals surface area (Å²) >= 11 is 0. The van der Waals surface area contributed by atoms with Crippen LogP contribution in [0.15, 0.2) is 12.2 Å². The van der Waals surface area contributed by atoms with Crippen LogP contribution in [0.2, 0.25) is 0 Å². The molecule has 0 aromatic carbocycles. The zero-order chi connectivity index (χ0) is 20.9. The van der Waals surface area contributed by atoms with Gasteiger partial charge in [-0.15, -0.1) is 0 Å². The van der Waals surface area contributed by atoms with Gasteiger partial charge in [-0.3, -0.25) is 4.79 Å². The first-order valence-corrected chi connectivity index (χ1v) is 11.4. The van der Waals surface area contributed by atoms with Gasteiger partial charge in [0.1, 0.15) is 6.10 Å². The number of esters is 1. The van der Waals surface area contributed by atoms with Crippen molar-refractivity contribution in [2.75, 3.05) is 6.61 Å². The largest absolute Gasteiger partial charge is 0.433 e. The van der Waals surface area contributed by atoms with Crippen LogP contribution in [0, 0.1) is 0 Å². The number of unbranched alkanes of at least 4 members (excludes halogenated alkanes) is 13. The lowest BCUT2D eigenvalue weighted by molar-refractivity contribution is -0.190. The molecule has 166 valence electrons. The maximum Gasteiger partial charge on any atom is 0.308 e. The summed E-state index contributed by atoms with van der Waals surface area (Å²) in [6.07, 6.45) is 20.1. The van der Waals surface area contributed by atoms with Crippen LogP contribution in [0.5, 0.6) is 0 Å². The molecule has 0 saturated heterocycles. The van der Waals surface area contributed by atoms with Crippen molar-refractivity contribution in [1.82, 2.24) is 0 Å². The number of aliphatic hydroxyl groups excluding tert-OH is 3. The summed E-state index contributed by atoms with van der Waals surface area (Å²) in [6.45, 7) is 1.62. The summed E-state index contributed by atoms with van der Waals surface area (Å²) in [6, 6.07) is 0. The summed E-state index contributed by atoms with van der Waals surface area (Å²) in [4.78, 5) is 11.5. The van der Waals surface area contributed by atoms with Gasteiger partial charge < -0.3 is 20.1 Å². The molecule has 3 N–H and O–H groups in total. The Morgan fingerprint density at radius 2 is 1.25 bits per heavy atom. The third kappa shape index (κ3) is 18.5. The van der Waals surface area contributed by atoms with Crippen LogP contribution in [0.25, 0.3) is 0 Å². The first-order chi connectivity index (χ1) is 13.6. The quantitative estimate of drug-likeness (QED) is 0.116. The number of allylic oxidation sites excluding steroid dienone is 2. The van der Waals surface area contributed by atoms with Crippen LogP contribution in [0.3, 0.4) is 0 Å². The van der Waals surface area contributed by atoms with Crippen LogP contribution in [-0.4, -0.2) is 40.3 Å². The van der Waals surface area contributed by atoms with Gasteiger partial charge in [-0.1, -0.05) is 83.3 Å². The number of carbonyl (C=O) groups excluding carboxylic acids is 1. The van der Waals surface area contributed by atoms with Gasteiger partial charge in [0, 0.05) is 6.42 Å². The molecule has 0 spiro atoms. The molecule has 0 aromatic heterocycles. The Morgan fingerprint density at radius 1 is 0.786 bits per heavy atom. The van der Waals surface area contributed by atoms with E-state index in [1.165, 1.54) is 64.2 Å². The van der Waals surface area contributed by atoms with Crippen molar-refractivity contribution in [3.63, 3.8) is 0 Å². The van der Waals surface area contributed by atoms with Gasteiger partial charge in [-0.05, 0) is 32.1 Å². The molecule has 0 bridgehead atoms. The molecule has 0 radical (unpaired) electrons. The highest BCUT2D eigenvalue weighted by Gasteiger charge is 2.19. The van der Waals surface area contributed by atoms with Gasteiger partial charge in [-0.2, -0.15) is 0 Å². The van der Waals surface area contributed by atoms with E-state index in [1.807, 2.05) is 0 Å². The predicted molar refractivity (Wildman–Crippen MR) is 114 cm³/mol. The van der Waals surface area contributed by atoms with Gasteiger partial charge in [-0.25, -0.2) is 0 Å². The van der Waals surface area contributed by atoms with Gasteiger partial charge in [0.2, 0.25) is 6.29 Å². The SMILES string of the molecule is CCCCCCCCCC/C=C\CCCCCCCC(=O)OC(O)C(O)CO. The van der Waals surface area contributed by atoms with Crippen molar-refractivity contribution >= 4 is 5.97 Å². The molecule has 0 aliphatic heterocycles. The van der Waals surface area contributed by atoms with E-state index in [9.17, 15) is 9.90 Å². The van der Waals surface area contributed by atoms with E-state index in [4.69, 9.17) is 10.2 Å². The van der Waals surface area contributed by atoms with E-state index >= 15 is 0 Å². The monoisotopic (exact) mass is 400 g/mol. The Hall–Kier alpha value is -0.910. The minimum Gasteiger partial charge on any atom is -0.433 e. The molecule has 0 aliphatic carbocycles. The normalized spacial score (nSPS) is 13.7. The second kappa shape index (κ2) is 20.8. The number of ether oxygens (including phenoxy) is 1. The number of hydrogen-bond acceptors (Lipinski definition) is 5. The van der Waals surface area contributed by atoms with Crippen LogP contribution in [0.1, 0.15) is 110 Å². The van der Waals surface area contributed by atoms with Crippen molar-refractivity contribution in [1.29, 1.82) is 0 Å². The summed E-state index contributed by atoms with van der Waals surface area (Å²) in [7, 11) is 0. The van der Waals surface area contributed by atoms with Crippen molar-refractivity contribution in [3.8, 4) is 0 Å². The lowest BCUT2D eigenvalue weighted by Gasteiger charge is -2.15. The molecule has 2 atom stereocenters. The fourth-order valence-electron chi connectivity index (χ4n) is 3.06. The maximum atomic E-state index is 11.5. The fourth-order valence-corrected chi connectivity index (χ4v) is 3.06. The Morgan fingerprint density at radius 3 is 1.75 bits per heavy atom. The van der Waals surface area contributed by atoms with E-state index < -0.39 is 25.0 Å². The Balaban J connectivity index is 3.30. The Bertz CT molecular complexity index is 370. The third-order valence-electron chi connectivity index (χ3n) is 4.91. The van der Waals surface area contributed by atoms with Crippen LogP contribution >= 0.6 is 0 Å². The third-order valence-corrected chi connectivity index (χ3v) is 4.91. The first-order valence-electron chi connectivity index (χ1n) is 11.4. The highest BCUT2D eigenvalue weighted by molar-refractivity contribution is 5.69. The number of aliphatic hydroxyl groups is 3. The van der Waals surface area contributed by atoms with E-state index in [2.05, 4.69) is 23.8 Å². The van der Waals surface area contributed by atoms with Gasteiger partial charge in [0.05, 0.1) is 6.61 Å². The second-order valence-corrected chi connectivity index (χ2v) is 7.67. The summed E-state index contributed by atoms with van der Waals surface area (Å²) < 4.78 is 4.63. The summed E-state index contributed by atoms with van der Waals surface area (Å²) in [5, 5.41) is 27.0. The van der Waals surface area contributed by atoms with Gasteiger partial charge >= 0.3 is 5.97 Å². The molecule has 5 nitrogen and oxygen atoms in total. The number of rotatable bonds is 20. The smallest absolute Gasteiger partial charge is 0.308 e. The van der Waals surface area contributed by atoms with E-state index in [0.717, 1.165) is 32.1 Å². The molecule has 0 amide bonds. The number of carbonyl (C=O) groups is 1. The van der Waals surface area contributed by atoms with Crippen LogP contribution < -0.4 is 0 Å². The Labute approximate surface area is 172 Å². The van der Waals surface area contributed by atoms with Gasteiger partial charge in [0.25, 0.3) is 0 Å². The van der Waals surface area contributed by atoms with Gasteiger partial charge in [0.15, 0.2) is 0 Å². The van der Waals surface area contributed by atoms with Crippen molar-refractivity contribution in [2.45, 2.75) is 122 Å². The molecule has 5 heteroatoms. The van der Waals surface area contributed by atoms with Crippen LogP contribution in [-0.2, 0) is 9.53 Å². The summed E-state index contributed by atoms with van der Waals surface area (Å²) in [5.74, 6) is -0.538. The first kappa shape index (κ1) is 27.1. The fraction of sp³-hybridized carbons (Fsp3) is 0.870. The zero-order valence-electron chi connectivity index (χ0n) is 18.0. The van der Waals surface area contributed by atoms with E-state index in [1.54, 1.807) is 0 Å². The van der Waals surface area contributed by atoms with Crippen LogP contribution in [0.4, 0.5) is 0 Å². The predicted octanol–water partition coefficient (Wildman–Crippen LogP) is 5.02. The molecule has 28 heavy (non-hydrogen) atoms. The molecule has 2 unspecified atom stereocenters. The molecular formula is C23H44O5. The van der Waals surface area contributed by atoms with Crippen molar-refractivity contribution in [3.05, 3.63) is 12.2 Å². The minimum atomic E-state index is -1.64. The molecule has 0 fully saturated rings. The molecule has 0 aromatic rings. The average Bonchev–Trinajstić information content (AvgIpc) is 2.69. The highest BCUT2D eigenvalue weighted by Crippen LogP contribution is 2.11. The molecule has 0 aliphatic rings. The maximum absolute atomic E-state index is 11.5. The topological polar surface area (TPSA) is 87.0 Å². The highest BCUT2D eigenvalue weighted by atomic mass is 16.6. The Kier molecular flexibility index (Phi) is 20.1. The minimum absolute atomic E-state index is 0.230. The summed E-state index contributed by atoms with van der Waals surface area (Å²) in [5.41, 5.74) is 0. The molecule has 0 heterocycles. The van der Waals surface area contributed by atoms with E-state index in [0.29, 0.717) is 0 Å². The zero-order valence-corrected chi connectivity index (χ0v) is 18.0. The standard InChI is InChI=1S/C23H44O5/c1-2-3-4-5-6-7-8-9-10-11-12-13-14-15-16-17-18-19-22(26)28-23(27)21(25)20-24/h11-12,21,23-25,27H,2-10,13-20H2,1H3/b12-11-. The lowest BCUT2D eigenvalue weighted by atomic mass is 10.1. The lowest BCUT2D eigenvalue weighted by Crippen LogP contribution is -2.33. The average molecular weight is 401 g/mol.